The summed E-state index contributed by atoms with van der Waals surface area (Å²) in [7, 11) is 0. The fourth-order valence-electron chi connectivity index (χ4n) is 7.63. The largest absolute Gasteiger partial charge is 0.310 e. The van der Waals surface area contributed by atoms with Gasteiger partial charge in [-0.25, -0.2) is 4.98 Å². The molecule has 1 heterocycles. The first-order valence-corrected chi connectivity index (χ1v) is 11.2. The zero-order valence-corrected chi connectivity index (χ0v) is 17.4. The fourth-order valence-corrected chi connectivity index (χ4v) is 7.63. The normalized spacial score (nSPS) is 42.2. The molecular formula is C24H38N2. The molecule has 0 saturated heterocycles. The molecule has 0 bridgehead atoms. The topological polar surface area (TPSA) is 17.8 Å². The molecule has 2 saturated carbocycles. The Balaban J connectivity index is 1.62. The van der Waals surface area contributed by atoms with Crippen molar-refractivity contribution in [1.29, 1.82) is 0 Å². The van der Waals surface area contributed by atoms with E-state index in [-0.39, 0.29) is 0 Å². The first-order valence-electron chi connectivity index (χ1n) is 11.2. The molecule has 1 aromatic heterocycles. The number of hydrogen-bond acceptors (Lipinski definition) is 1. The summed E-state index contributed by atoms with van der Waals surface area (Å²) in [4.78, 5) is 4.32. The predicted molar refractivity (Wildman–Crippen MR) is 110 cm³/mol. The Bertz CT molecular complexity index is 645. The maximum atomic E-state index is 4.32. The van der Waals surface area contributed by atoms with Crippen molar-refractivity contribution in [3.05, 3.63) is 24.8 Å². The van der Waals surface area contributed by atoms with Gasteiger partial charge < -0.3 is 4.57 Å². The Morgan fingerprint density at radius 1 is 1.12 bits per heavy atom. The highest BCUT2D eigenvalue weighted by atomic mass is 15.1. The quantitative estimate of drug-likeness (QED) is 0.569. The Labute approximate surface area is 160 Å². The Morgan fingerprint density at radius 3 is 2.65 bits per heavy atom. The number of hydrogen-bond donors (Lipinski definition) is 0. The molecule has 26 heavy (non-hydrogen) atoms. The molecule has 144 valence electrons. The second-order valence-corrected chi connectivity index (χ2v) is 9.95. The van der Waals surface area contributed by atoms with Crippen molar-refractivity contribution in [2.75, 3.05) is 0 Å². The summed E-state index contributed by atoms with van der Waals surface area (Å²) in [5, 5.41) is 0. The molecule has 0 amide bonds. The molecule has 1 aromatic rings. The van der Waals surface area contributed by atoms with Gasteiger partial charge in [-0.3, -0.25) is 0 Å². The number of rotatable bonds is 5. The zero-order chi connectivity index (χ0) is 18.4. The Kier molecular flexibility index (Phi) is 4.82. The van der Waals surface area contributed by atoms with Crippen LogP contribution < -0.4 is 0 Å². The van der Waals surface area contributed by atoms with Crippen LogP contribution in [0.4, 0.5) is 0 Å². The first-order chi connectivity index (χ1) is 12.5. The van der Waals surface area contributed by atoms with Crippen LogP contribution in [0.25, 0.3) is 5.70 Å². The molecule has 0 N–H and O–H groups in total. The average Bonchev–Trinajstić information content (AvgIpc) is 3.24. The third kappa shape index (κ3) is 2.62. The molecule has 0 aliphatic heterocycles. The molecule has 2 heteroatoms. The van der Waals surface area contributed by atoms with Crippen molar-refractivity contribution < 1.29 is 0 Å². The van der Waals surface area contributed by atoms with Crippen LogP contribution in [-0.2, 0) is 0 Å². The number of imidazole rings is 1. The average molecular weight is 355 g/mol. The summed E-state index contributed by atoms with van der Waals surface area (Å²) in [5.41, 5.74) is 2.46. The SMILES string of the molecule is CCC[C@@H]1CC[C@@H]2[C@H](CC[C@]3(C)C(n4ccnc4)=CC[C@@H]23)[C@@]1(C)CCC. The molecule has 6 atom stereocenters. The molecule has 0 unspecified atom stereocenters. The molecule has 2 fully saturated rings. The summed E-state index contributed by atoms with van der Waals surface area (Å²) in [6.45, 7) is 10.0. The van der Waals surface area contributed by atoms with Gasteiger partial charge in [0.2, 0.25) is 0 Å². The third-order valence-corrected chi connectivity index (χ3v) is 8.81. The number of nitrogens with zero attached hydrogens (tertiary/aromatic N) is 2. The van der Waals surface area contributed by atoms with Gasteiger partial charge in [-0.15, -0.1) is 0 Å². The van der Waals surface area contributed by atoms with Crippen molar-refractivity contribution in [2.24, 2.45) is 34.5 Å². The van der Waals surface area contributed by atoms with E-state index in [1.807, 2.05) is 12.5 Å². The molecule has 3 aliphatic carbocycles. The van der Waals surface area contributed by atoms with Crippen LogP contribution in [0.1, 0.15) is 85.5 Å². The summed E-state index contributed by atoms with van der Waals surface area (Å²) >= 11 is 0. The highest BCUT2D eigenvalue weighted by Gasteiger charge is 2.57. The fraction of sp³-hybridized carbons (Fsp3) is 0.792. The maximum absolute atomic E-state index is 4.32. The summed E-state index contributed by atoms with van der Waals surface area (Å²) in [6, 6.07) is 0. The van der Waals surface area contributed by atoms with Crippen LogP contribution in [0, 0.1) is 34.5 Å². The summed E-state index contributed by atoms with van der Waals surface area (Å²) in [6.07, 6.45) is 21.2. The molecule has 2 nitrogen and oxygen atoms in total. The molecule has 0 radical (unpaired) electrons. The van der Waals surface area contributed by atoms with E-state index in [9.17, 15) is 0 Å². The Hall–Kier alpha value is -1.05. The van der Waals surface area contributed by atoms with Gasteiger partial charge in [0.15, 0.2) is 0 Å². The van der Waals surface area contributed by atoms with Gasteiger partial charge in [-0.05, 0) is 67.6 Å². The van der Waals surface area contributed by atoms with E-state index in [0.29, 0.717) is 10.8 Å². The number of fused-ring (bicyclic) bond motifs is 3. The van der Waals surface area contributed by atoms with Crippen LogP contribution in [0.5, 0.6) is 0 Å². The standard InChI is InChI=1S/C24H38N2/c1-5-7-18-8-9-19-20-10-11-22(26-16-15-25-17-26)24(20,4)14-12-21(19)23(18,3)13-6-2/h11,15-21H,5-10,12-14H2,1-4H3/t18-,19+,20+,21+,23+,24+/m1/s1. The van der Waals surface area contributed by atoms with Gasteiger partial charge >= 0.3 is 0 Å². The van der Waals surface area contributed by atoms with Crippen molar-refractivity contribution in [1.82, 2.24) is 9.55 Å². The lowest BCUT2D eigenvalue weighted by atomic mass is 9.46. The van der Waals surface area contributed by atoms with Crippen molar-refractivity contribution >= 4 is 5.70 Å². The Morgan fingerprint density at radius 2 is 1.96 bits per heavy atom. The monoisotopic (exact) mass is 354 g/mol. The lowest BCUT2D eigenvalue weighted by Crippen LogP contribution is -2.51. The third-order valence-electron chi connectivity index (χ3n) is 8.81. The van der Waals surface area contributed by atoms with Gasteiger partial charge in [-0.2, -0.15) is 0 Å². The van der Waals surface area contributed by atoms with Crippen molar-refractivity contribution in [2.45, 2.75) is 85.5 Å². The molecule has 0 spiro atoms. The molecular weight excluding hydrogens is 316 g/mol. The highest BCUT2D eigenvalue weighted by molar-refractivity contribution is 5.56. The van der Waals surface area contributed by atoms with Gasteiger partial charge in [0.25, 0.3) is 0 Å². The van der Waals surface area contributed by atoms with E-state index in [2.05, 4.69) is 49.5 Å². The van der Waals surface area contributed by atoms with E-state index in [1.54, 1.807) is 0 Å². The molecule has 3 aliphatic rings. The minimum absolute atomic E-state index is 0.354. The van der Waals surface area contributed by atoms with E-state index in [1.165, 1.54) is 63.5 Å². The van der Waals surface area contributed by atoms with Crippen molar-refractivity contribution in [3.8, 4) is 0 Å². The van der Waals surface area contributed by atoms with E-state index in [0.717, 1.165) is 23.7 Å². The molecule has 4 rings (SSSR count). The summed E-state index contributed by atoms with van der Waals surface area (Å²) < 4.78 is 2.30. The van der Waals surface area contributed by atoms with Crippen LogP contribution in [0.15, 0.2) is 24.8 Å². The maximum Gasteiger partial charge on any atom is 0.0989 e. The lowest BCUT2D eigenvalue weighted by Gasteiger charge is -2.59. The van der Waals surface area contributed by atoms with Gasteiger partial charge in [-0.1, -0.05) is 53.0 Å². The van der Waals surface area contributed by atoms with E-state index < -0.39 is 0 Å². The lowest BCUT2D eigenvalue weighted by molar-refractivity contribution is -0.0852. The van der Waals surface area contributed by atoms with Gasteiger partial charge in [0.1, 0.15) is 0 Å². The second-order valence-electron chi connectivity index (χ2n) is 9.95. The minimum Gasteiger partial charge on any atom is -0.310 e. The predicted octanol–water partition coefficient (Wildman–Crippen LogP) is 6.79. The number of aromatic nitrogens is 2. The van der Waals surface area contributed by atoms with Gasteiger partial charge in [0, 0.05) is 23.5 Å². The van der Waals surface area contributed by atoms with Crippen molar-refractivity contribution in [3.63, 3.8) is 0 Å². The second kappa shape index (κ2) is 6.84. The minimum atomic E-state index is 0.354. The zero-order valence-electron chi connectivity index (χ0n) is 17.4. The first kappa shape index (κ1) is 18.3. The van der Waals surface area contributed by atoms with E-state index in [4.69, 9.17) is 0 Å². The number of allylic oxidation sites excluding steroid dienone is 2. The summed E-state index contributed by atoms with van der Waals surface area (Å²) in [5.74, 6) is 3.68. The highest BCUT2D eigenvalue weighted by Crippen LogP contribution is 2.65. The smallest absolute Gasteiger partial charge is 0.0989 e. The van der Waals surface area contributed by atoms with E-state index >= 15 is 0 Å². The molecule has 0 aromatic carbocycles. The van der Waals surface area contributed by atoms with Gasteiger partial charge in [0.05, 0.1) is 6.33 Å². The van der Waals surface area contributed by atoms with Crippen LogP contribution in [0.3, 0.4) is 0 Å². The van der Waals surface area contributed by atoms with Crippen LogP contribution in [0.2, 0.25) is 0 Å². The van der Waals surface area contributed by atoms with Crippen LogP contribution >= 0.6 is 0 Å². The van der Waals surface area contributed by atoms with Crippen LogP contribution in [-0.4, -0.2) is 9.55 Å².